The number of fused-ring (bicyclic) bond motifs is 1. The highest BCUT2D eigenvalue weighted by Crippen LogP contribution is 2.32. The third kappa shape index (κ3) is 8.61. The Morgan fingerprint density at radius 2 is 1.91 bits per heavy atom. The van der Waals surface area contributed by atoms with Crippen LogP contribution < -0.4 is 5.32 Å². The molecule has 240 valence electrons. The fourth-order valence-corrected chi connectivity index (χ4v) is 5.23. The van der Waals surface area contributed by atoms with Crippen LogP contribution in [0.4, 0.5) is 23.7 Å². The fourth-order valence-electron chi connectivity index (χ4n) is 5.23. The van der Waals surface area contributed by atoms with Crippen molar-refractivity contribution in [2.45, 2.75) is 58.5 Å². The topological polar surface area (TPSA) is 104 Å². The number of hydrogen-bond acceptors (Lipinski definition) is 7. The molecule has 3 amide bonds. The number of hydrogen-bond donors (Lipinski definition) is 1. The Kier molecular flexibility index (Phi) is 10.4. The number of pyridine rings is 1. The molecule has 1 fully saturated rings. The summed E-state index contributed by atoms with van der Waals surface area (Å²) in [7, 11) is 1.50. The van der Waals surface area contributed by atoms with Crippen molar-refractivity contribution in [3.05, 3.63) is 58.9 Å². The molecule has 1 unspecified atom stereocenters. The number of halogens is 3. The molecule has 1 atom stereocenters. The maximum atomic E-state index is 13.7. The number of amides is 3. The lowest BCUT2D eigenvalue weighted by atomic mass is 9.96. The Hall–Kier alpha value is -3.87. The minimum atomic E-state index is -4.65. The first-order chi connectivity index (χ1) is 20.7. The standard InChI is InChI=1S/C31H40F3N5O5/c1-30(2,3)44-29(42)37(4)14-15-38(19-26-24(31(32,33)34)8-6-12-35-26)27(40)17-36-25-9-5-7-21-18-39(13-10-23(21)25)28(41)22-11-16-43-20-22/h5-9,12,22,36H,10-11,13-20H2,1-4H3. The van der Waals surface area contributed by atoms with Gasteiger partial charge in [0.15, 0.2) is 0 Å². The van der Waals surface area contributed by atoms with Gasteiger partial charge in [-0.25, -0.2) is 4.79 Å². The van der Waals surface area contributed by atoms with E-state index in [1.807, 2.05) is 23.1 Å². The van der Waals surface area contributed by atoms with Crippen LogP contribution in [0.3, 0.4) is 0 Å². The quantitative estimate of drug-likeness (QED) is 0.446. The summed E-state index contributed by atoms with van der Waals surface area (Å²) in [5.74, 6) is -0.498. The molecule has 2 aromatic rings. The SMILES string of the molecule is CN(CCN(Cc1ncccc1C(F)(F)F)C(=O)CNc1cccc2c1CCN(C(=O)C1CCOC1)C2)C(=O)OC(C)(C)C. The molecular formula is C31H40F3N5O5. The van der Waals surface area contributed by atoms with E-state index >= 15 is 0 Å². The molecule has 10 nitrogen and oxygen atoms in total. The summed E-state index contributed by atoms with van der Waals surface area (Å²) in [5, 5.41) is 3.16. The maximum absolute atomic E-state index is 13.7. The minimum Gasteiger partial charge on any atom is -0.444 e. The van der Waals surface area contributed by atoms with Crippen molar-refractivity contribution in [1.29, 1.82) is 0 Å². The van der Waals surface area contributed by atoms with E-state index in [9.17, 15) is 27.6 Å². The van der Waals surface area contributed by atoms with E-state index in [0.29, 0.717) is 32.7 Å². The Labute approximate surface area is 255 Å². The number of aromatic nitrogens is 1. The van der Waals surface area contributed by atoms with Crippen molar-refractivity contribution in [3.8, 4) is 0 Å². The molecule has 3 heterocycles. The molecule has 2 aliphatic heterocycles. The molecule has 13 heteroatoms. The van der Waals surface area contributed by atoms with E-state index < -0.39 is 35.9 Å². The summed E-state index contributed by atoms with van der Waals surface area (Å²) in [6, 6.07) is 7.77. The number of alkyl halides is 3. The maximum Gasteiger partial charge on any atom is 0.418 e. The first-order valence-electron chi connectivity index (χ1n) is 14.7. The lowest BCUT2D eigenvalue weighted by Crippen LogP contribution is -2.43. The molecular weight excluding hydrogens is 579 g/mol. The summed E-state index contributed by atoms with van der Waals surface area (Å²) in [5.41, 5.74) is 0.748. The van der Waals surface area contributed by atoms with Crippen LogP contribution in [0.2, 0.25) is 0 Å². The summed E-state index contributed by atoms with van der Waals surface area (Å²) >= 11 is 0. The van der Waals surface area contributed by atoms with E-state index in [4.69, 9.17) is 9.47 Å². The smallest absolute Gasteiger partial charge is 0.418 e. The molecule has 1 aromatic heterocycles. The van der Waals surface area contributed by atoms with Gasteiger partial charge in [-0.3, -0.25) is 14.6 Å². The van der Waals surface area contributed by atoms with Crippen LogP contribution in [0.25, 0.3) is 0 Å². The molecule has 2 aliphatic rings. The molecule has 0 spiro atoms. The summed E-state index contributed by atoms with van der Waals surface area (Å²) in [6.07, 6.45) is -2.69. The van der Waals surface area contributed by atoms with Gasteiger partial charge >= 0.3 is 12.3 Å². The molecule has 0 saturated carbocycles. The zero-order valence-electron chi connectivity index (χ0n) is 25.6. The third-order valence-electron chi connectivity index (χ3n) is 7.59. The van der Waals surface area contributed by atoms with Crippen molar-refractivity contribution in [2.24, 2.45) is 5.92 Å². The van der Waals surface area contributed by atoms with Gasteiger partial charge in [-0.15, -0.1) is 0 Å². The number of anilines is 1. The number of nitrogens with one attached hydrogen (secondary N) is 1. The van der Waals surface area contributed by atoms with Crippen molar-refractivity contribution in [1.82, 2.24) is 19.7 Å². The monoisotopic (exact) mass is 619 g/mol. The van der Waals surface area contributed by atoms with Gasteiger partial charge in [0.1, 0.15) is 5.60 Å². The summed E-state index contributed by atoms with van der Waals surface area (Å²) in [4.78, 5) is 47.2. The number of likely N-dealkylation sites (N-methyl/N-ethyl adjacent to an activating group) is 1. The van der Waals surface area contributed by atoms with Gasteiger partial charge in [0.2, 0.25) is 11.8 Å². The number of carbonyl (C=O) groups is 3. The lowest BCUT2D eigenvalue weighted by molar-refractivity contribution is -0.140. The Balaban J connectivity index is 1.46. The van der Waals surface area contributed by atoms with Gasteiger partial charge in [-0.1, -0.05) is 12.1 Å². The highest BCUT2D eigenvalue weighted by Gasteiger charge is 2.35. The first-order valence-corrected chi connectivity index (χ1v) is 14.7. The van der Waals surface area contributed by atoms with Crippen LogP contribution in [0, 0.1) is 5.92 Å². The van der Waals surface area contributed by atoms with E-state index in [1.165, 1.54) is 29.1 Å². The molecule has 4 rings (SSSR count). The van der Waals surface area contributed by atoms with Crippen molar-refractivity contribution in [2.75, 3.05) is 51.8 Å². The molecule has 0 radical (unpaired) electrons. The lowest BCUT2D eigenvalue weighted by Gasteiger charge is -2.32. The first kappa shape index (κ1) is 33.0. The van der Waals surface area contributed by atoms with Crippen LogP contribution in [-0.4, -0.2) is 89.6 Å². The summed E-state index contributed by atoms with van der Waals surface area (Å²) in [6.45, 7) is 6.61. The number of carbonyl (C=O) groups excluding carboxylic acids is 3. The normalized spacial score (nSPS) is 16.7. The van der Waals surface area contributed by atoms with Gasteiger partial charge in [-0.2, -0.15) is 13.2 Å². The Morgan fingerprint density at radius 3 is 2.59 bits per heavy atom. The third-order valence-corrected chi connectivity index (χ3v) is 7.59. The summed E-state index contributed by atoms with van der Waals surface area (Å²) < 4.78 is 51.9. The fraction of sp³-hybridized carbons (Fsp3) is 0.548. The number of ether oxygens (including phenoxy) is 2. The highest BCUT2D eigenvalue weighted by atomic mass is 19.4. The minimum absolute atomic E-state index is 0.0332. The van der Waals surface area contributed by atoms with E-state index in [-0.39, 0.29) is 37.2 Å². The average Bonchev–Trinajstić information content (AvgIpc) is 3.51. The van der Waals surface area contributed by atoms with Gasteiger partial charge in [0, 0.05) is 51.7 Å². The van der Waals surface area contributed by atoms with Gasteiger partial charge in [-0.05, 0) is 62.9 Å². The molecule has 0 aliphatic carbocycles. The molecule has 1 N–H and O–H groups in total. The zero-order valence-corrected chi connectivity index (χ0v) is 25.6. The predicted octanol–water partition coefficient (Wildman–Crippen LogP) is 4.33. The van der Waals surface area contributed by atoms with Crippen LogP contribution in [0.15, 0.2) is 36.5 Å². The number of benzene rings is 1. The predicted molar refractivity (Wildman–Crippen MR) is 156 cm³/mol. The van der Waals surface area contributed by atoms with Crippen molar-refractivity contribution < 1.29 is 37.0 Å². The van der Waals surface area contributed by atoms with Crippen molar-refractivity contribution in [3.63, 3.8) is 0 Å². The van der Waals surface area contributed by atoms with Gasteiger partial charge in [0.25, 0.3) is 0 Å². The van der Waals surface area contributed by atoms with Crippen LogP contribution in [0.1, 0.15) is 49.6 Å². The zero-order chi connectivity index (χ0) is 32.1. The number of rotatable bonds is 9. The van der Waals surface area contributed by atoms with E-state index in [0.717, 1.165) is 29.3 Å². The largest absolute Gasteiger partial charge is 0.444 e. The molecule has 1 aromatic carbocycles. The molecule has 1 saturated heterocycles. The Morgan fingerprint density at radius 1 is 1.14 bits per heavy atom. The second kappa shape index (κ2) is 13.8. The van der Waals surface area contributed by atoms with Crippen LogP contribution >= 0.6 is 0 Å². The van der Waals surface area contributed by atoms with Gasteiger partial charge < -0.3 is 29.5 Å². The number of nitrogens with zero attached hydrogens (tertiary/aromatic N) is 4. The highest BCUT2D eigenvalue weighted by molar-refractivity contribution is 5.82. The Bertz CT molecular complexity index is 1340. The van der Waals surface area contributed by atoms with Crippen molar-refractivity contribution >= 4 is 23.6 Å². The second-order valence-corrected chi connectivity index (χ2v) is 12.1. The molecule has 44 heavy (non-hydrogen) atoms. The van der Waals surface area contributed by atoms with E-state index in [1.54, 1.807) is 20.8 Å². The van der Waals surface area contributed by atoms with E-state index in [2.05, 4.69) is 10.3 Å². The second-order valence-electron chi connectivity index (χ2n) is 12.1. The average molecular weight is 620 g/mol. The van der Waals surface area contributed by atoms with Gasteiger partial charge in [0.05, 0.1) is 36.9 Å². The molecule has 0 bridgehead atoms. The van der Waals surface area contributed by atoms with Crippen LogP contribution in [-0.2, 0) is 44.7 Å². The van der Waals surface area contributed by atoms with Crippen LogP contribution in [0.5, 0.6) is 0 Å².